The Balaban J connectivity index is 3.07. The highest BCUT2D eigenvalue weighted by atomic mass is 35.6. The van der Waals surface area contributed by atoms with Gasteiger partial charge in [-0.05, 0) is 12.1 Å². The van der Waals surface area contributed by atoms with Crippen molar-refractivity contribution in [1.82, 2.24) is 0 Å². The molecule has 14 heavy (non-hydrogen) atoms. The van der Waals surface area contributed by atoms with Gasteiger partial charge in [0.15, 0.2) is 0 Å². The van der Waals surface area contributed by atoms with Gasteiger partial charge in [-0.15, -0.1) is 0 Å². The van der Waals surface area contributed by atoms with Gasteiger partial charge >= 0.3 is 0 Å². The van der Waals surface area contributed by atoms with Crippen LogP contribution in [0.1, 0.15) is 65.2 Å². The Morgan fingerprint density at radius 3 is 1.50 bits per heavy atom. The van der Waals surface area contributed by atoms with Crippen LogP contribution in [0, 0.1) is 0 Å². The van der Waals surface area contributed by atoms with Crippen molar-refractivity contribution in [1.29, 1.82) is 0 Å². The normalized spacial score (nSPS) is 11.1. The minimum Gasteiger partial charge on any atom is -0.172 e. The van der Waals surface area contributed by atoms with E-state index in [9.17, 15) is 0 Å². The second kappa shape index (κ2) is 11.6. The van der Waals surface area contributed by atoms with Gasteiger partial charge in [-0.2, -0.15) is 11.1 Å². The van der Waals surface area contributed by atoms with Crippen molar-refractivity contribution in [2.24, 2.45) is 0 Å². The SMILES string of the molecule is CCCCCC[SiH](Cl)CCCCCC. The van der Waals surface area contributed by atoms with Crippen LogP contribution in [0.15, 0.2) is 0 Å². The van der Waals surface area contributed by atoms with Crippen molar-refractivity contribution in [2.75, 3.05) is 0 Å². The molecule has 0 aliphatic carbocycles. The quantitative estimate of drug-likeness (QED) is 0.280. The molecule has 0 aromatic heterocycles. The summed E-state index contributed by atoms with van der Waals surface area (Å²) in [5, 5.41) is 0. The maximum atomic E-state index is 6.38. The summed E-state index contributed by atoms with van der Waals surface area (Å²) < 4.78 is 0. The van der Waals surface area contributed by atoms with Crippen LogP contribution < -0.4 is 0 Å². The smallest absolute Gasteiger partial charge is 0.141 e. The minimum absolute atomic E-state index is 0.815. The van der Waals surface area contributed by atoms with Gasteiger partial charge in [0.1, 0.15) is 8.11 Å². The average Bonchev–Trinajstić information content (AvgIpc) is 2.19. The summed E-state index contributed by atoms with van der Waals surface area (Å²) in [6.07, 6.45) is 11.1. The van der Waals surface area contributed by atoms with Crippen LogP contribution in [0.2, 0.25) is 12.1 Å². The average molecular weight is 235 g/mol. The van der Waals surface area contributed by atoms with Crippen LogP contribution in [0.5, 0.6) is 0 Å². The van der Waals surface area contributed by atoms with E-state index >= 15 is 0 Å². The summed E-state index contributed by atoms with van der Waals surface area (Å²) >= 11 is 6.38. The molecule has 0 bridgehead atoms. The molecule has 0 N–H and O–H groups in total. The molecule has 0 radical (unpaired) electrons. The highest BCUT2D eigenvalue weighted by Crippen LogP contribution is 2.15. The van der Waals surface area contributed by atoms with Crippen LogP contribution in [-0.4, -0.2) is 8.11 Å². The summed E-state index contributed by atoms with van der Waals surface area (Å²) in [4.78, 5) is 0. The maximum absolute atomic E-state index is 6.38. The van der Waals surface area contributed by atoms with Crippen molar-refractivity contribution in [3.63, 3.8) is 0 Å². The molecule has 0 rings (SSSR count). The van der Waals surface area contributed by atoms with Crippen LogP contribution in [0.4, 0.5) is 0 Å². The third-order valence-corrected chi connectivity index (χ3v) is 6.12. The number of hydrogen-bond acceptors (Lipinski definition) is 0. The molecule has 0 fully saturated rings. The van der Waals surface area contributed by atoms with Gasteiger partial charge in [-0.3, -0.25) is 0 Å². The maximum Gasteiger partial charge on any atom is 0.141 e. The third kappa shape index (κ3) is 10.6. The highest BCUT2D eigenvalue weighted by Gasteiger charge is 2.05. The predicted octanol–water partition coefficient (Wildman–Crippen LogP) is 5.11. The van der Waals surface area contributed by atoms with E-state index in [1.54, 1.807) is 0 Å². The van der Waals surface area contributed by atoms with Crippen molar-refractivity contribution in [3.8, 4) is 0 Å². The van der Waals surface area contributed by atoms with Gasteiger partial charge in [0.2, 0.25) is 0 Å². The molecular weight excluding hydrogens is 208 g/mol. The molecule has 0 unspecified atom stereocenters. The monoisotopic (exact) mass is 234 g/mol. The fourth-order valence-corrected chi connectivity index (χ4v) is 4.41. The Bertz CT molecular complexity index is 94.5. The lowest BCUT2D eigenvalue weighted by Gasteiger charge is -2.06. The van der Waals surface area contributed by atoms with E-state index in [0.29, 0.717) is 0 Å². The molecule has 0 saturated carbocycles. The molecule has 0 aliphatic rings. The molecule has 2 heteroatoms. The zero-order chi connectivity index (χ0) is 10.6. The standard InChI is InChI=1S/C12H27ClSi/c1-3-5-7-9-11-14(13)12-10-8-6-4-2/h14H,3-12H2,1-2H3. The van der Waals surface area contributed by atoms with Gasteiger partial charge in [0.25, 0.3) is 0 Å². The van der Waals surface area contributed by atoms with Crippen LogP contribution in [0.3, 0.4) is 0 Å². The van der Waals surface area contributed by atoms with Gasteiger partial charge in [0.05, 0.1) is 0 Å². The lowest BCUT2D eigenvalue weighted by molar-refractivity contribution is 0.688. The molecule has 86 valence electrons. The second-order valence-electron chi connectivity index (χ2n) is 4.30. The summed E-state index contributed by atoms with van der Waals surface area (Å²) in [5.74, 6) is 0. The fourth-order valence-electron chi connectivity index (χ4n) is 1.73. The fraction of sp³-hybridized carbons (Fsp3) is 1.00. The van der Waals surface area contributed by atoms with Crippen LogP contribution in [0.25, 0.3) is 0 Å². The lowest BCUT2D eigenvalue weighted by Crippen LogP contribution is -2.02. The first kappa shape index (κ1) is 14.5. The second-order valence-corrected chi connectivity index (χ2v) is 8.50. The van der Waals surface area contributed by atoms with E-state index in [0.717, 1.165) is 0 Å². The van der Waals surface area contributed by atoms with E-state index in [4.69, 9.17) is 11.1 Å². The van der Waals surface area contributed by atoms with Gasteiger partial charge in [-0.25, -0.2) is 0 Å². The van der Waals surface area contributed by atoms with E-state index in [-0.39, 0.29) is 0 Å². The Morgan fingerprint density at radius 1 is 0.714 bits per heavy atom. The summed E-state index contributed by atoms with van der Waals surface area (Å²) in [7, 11) is -0.815. The summed E-state index contributed by atoms with van der Waals surface area (Å²) in [6, 6.07) is 2.74. The predicted molar refractivity (Wildman–Crippen MR) is 70.9 cm³/mol. The van der Waals surface area contributed by atoms with E-state index in [2.05, 4.69) is 13.8 Å². The Hall–Kier alpha value is 0.507. The summed E-state index contributed by atoms with van der Waals surface area (Å²) in [5.41, 5.74) is 0. The minimum atomic E-state index is -0.815. The van der Waals surface area contributed by atoms with E-state index < -0.39 is 8.11 Å². The molecule has 0 heterocycles. The Morgan fingerprint density at radius 2 is 1.14 bits per heavy atom. The Labute approximate surface area is 96.7 Å². The molecule has 0 atom stereocenters. The number of unbranched alkanes of at least 4 members (excludes halogenated alkanes) is 6. The van der Waals surface area contributed by atoms with Gasteiger partial charge < -0.3 is 0 Å². The zero-order valence-corrected chi connectivity index (χ0v) is 11.9. The molecule has 0 nitrogen and oxygen atoms in total. The number of halogens is 1. The summed E-state index contributed by atoms with van der Waals surface area (Å²) in [6.45, 7) is 4.53. The molecule has 0 aliphatic heterocycles. The van der Waals surface area contributed by atoms with Crippen molar-refractivity contribution < 1.29 is 0 Å². The molecule has 0 amide bonds. The Kier molecular flexibility index (Phi) is 12.0. The van der Waals surface area contributed by atoms with E-state index in [1.807, 2.05) is 0 Å². The zero-order valence-electron chi connectivity index (χ0n) is 10.0. The topological polar surface area (TPSA) is 0 Å². The highest BCUT2D eigenvalue weighted by molar-refractivity contribution is 7.06. The number of hydrogen-bond donors (Lipinski definition) is 0. The third-order valence-electron chi connectivity index (χ3n) is 2.74. The van der Waals surface area contributed by atoms with Crippen molar-refractivity contribution in [3.05, 3.63) is 0 Å². The van der Waals surface area contributed by atoms with Gasteiger partial charge in [-0.1, -0.05) is 65.2 Å². The first-order chi connectivity index (χ1) is 6.81. The molecular formula is C12H27ClSi. The number of rotatable bonds is 10. The molecule has 0 spiro atoms. The van der Waals surface area contributed by atoms with Crippen LogP contribution >= 0.6 is 11.1 Å². The first-order valence-corrected chi connectivity index (χ1v) is 9.83. The molecule has 0 aromatic carbocycles. The van der Waals surface area contributed by atoms with Crippen LogP contribution in [-0.2, 0) is 0 Å². The van der Waals surface area contributed by atoms with Crippen molar-refractivity contribution in [2.45, 2.75) is 77.3 Å². The first-order valence-electron chi connectivity index (χ1n) is 6.45. The molecule has 0 aromatic rings. The van der Waals surface area contributed by atoms with Gasteiger partial charge in [0, 0.05) is 0 Å². The lowest BCUT2D eigenvalue weighted by atomic mass is 10.2. The largest absolute Gasteiger partial charge is 0.172 e. The van der Waals surface area contributed by atoms with Crippen molar-refractivity contribution >= 4 is 19.2 Å². The molecule has 0 saturated heterocycles. The van der Waals surface area contributed by atoms with E-state index in [1.165, 1.54) is 63.5 Å².